The van der Waals surface area contributed by atoms with Gasteiger partial charge in [-0.2, -0.15) is 13.2 Å². The molecule has 0 atom stereocenters. The Kier molecular flexibility index (Phi) is 3.16. The molecule has 0 amide bonds. The number of hydrogen-bond acceptors (Lipinski definition) is 2. The summed E-state index contributed by atoms with van der Waals surface area (Å²) < 4.78 is 37.6. The first-order valence-electron chi connectivity index (χ1n) is 5.91. The molecule has 5 heteroatoms. The van der Waals surface area contributed by atoms with Gasteiger partial charge in [-0.25, -0.2) is 0 Å². The second kappa shape index (κ2) is 4.40. The first-order valence-corrected chi connectivity index (χ1v) is 5.91. The first-order chi connectivity index (χ1) is 8.69. The van der Waals surface area contributed by atoms with Crippen LogP contribution in [-0.4, -0.2) is 17.4 Å². The number of aliphatic imine (C=N–C) groups is 1. The Morgan fingerprint density at radius 1 is 1.32 bits per heavy atom. The molecule has 1 heterocycles. The van der Waals surface area contributed by atoms with Crippen LogP contribution in [0.2, 0.25) is 0 Å². The Hall–Kier alpha value is -1.78. The van der Waals surface area contributed by atoms with Crippen molar-refractivity contribution < 1.29 is 13.2 Å². The Morgan fingerprint density at radius 2 is 1.95 bits per heavy atom. The molecular formula is C14H15F3N2. The lowest BCUT2D eigenvalue weighted by Gasteiger charge is -2.28. The molecule has 0 fully saturated rings. The summed E-state index contributed by atoms with van der Waals surface area (Å²) in [6, 6.07) is 7.33. The van der Waals surface area contributed by atoms with E-state index >= 15 is 0 Å². The van der Waals surface area contributed by atoms with Gasteiger partial charge in [-0.15, -0.1) is 0 Å². The fourth-order valence-electron chi connectivity index (χ4n) is 2.16. The maximum absolute atomic E-state index is 12.5. The van der Waals surface area contributed by atoms with Gasteiger partial charge in [0.05, 0.1) is 11.3 Å². The number of nitrogens with zero attached hydrogens (tertiary/aromatic N) is 1. The highest BCUT2D eigenvalue weighted by Crippen LogP contribution is 2.29. The van der Waals surface area contributed by atoms with Crippen molar-refractivity contribution in [1.82, 2.24) is 0 Å². The van der Waals surface area contributed by atoms with Crippen LogP contribution in [0.5, 0.6) is 0 Å². The molecule has 1 aliphatic rings. The molecule has 0 saturated heterocycles. The number of halogens is 3. The lowest BCUT2D eigenvalue weighted by atomic mass is 9.87. The molecule has 0 unspecified atom stereocenters. The van der Waals surface area contributed by atoms with Gasteiger partial charge in [-0.3, -0.25) is 4.99 Å². The van der Waals surface area contributed by atoms with Gasteiger partial charge in [0.1, 0.15) is 5.70 Å². The Labute approximate surface area is 109 Å². The molecule has 0 spiro atoms. The molecule has 2 rings (SSSR count). The van der Waals surface area contributed by atoms with Crippen LogP contribution >= 0.6 is 0 Å². The maximum atomic E-state index is 12.5. The quantitative estimate of drug-likeness (QED) is 0.834. The van der Waals surface area contributed by atoms with E-state index in [-0.39, 0.29) is 0 Å². The van der Waals surface area contributed by atoms with Gasteiger partial charge >= 0.3 is 6.18 Å². The minimum Gasteiger partial charge on any atom is -0.395 e. The van der Waals surface area contributed by atoms with Crippen molar-refractivity contribution in [2.45, 2.75) is 32.0 Å². The summed E-state index contributed by atoms with van der Waals surface area (Å²) in [6.07, 6.45) is -2.91. The van der Waals surface area contributed by atoms with Crippen LogP contribution in [-0.2, 0) is 6.42 Å². The van der Waals surface area contributed by atoms with Gasteiger partial charge in [0, 0.05) is 5.56 Å². The van der Waals surface area contributed by atoms with Gasteiger partial charge in [-0.05, 0) is 31.9 Å². The van der Waals surface area contributed by atoms with Gasteiger partial charge in [-0.1, -0.05) is 24.3 Å². The third-order valence-corrected chi connectivity index (χ3v) is 2.96. The predicted molar refractivity (Wildman–Crippen MR) is 69.1 cm³/mol. The van der Waals surface area contributed by atoms with Gasteiger partial charge in [0.25, 0.3) is 0 Å². The number of nitrogens with two attached hydrogens (primary N) is 1. The van der Waals surface area contributed by atoms with E-state index < -0.39 is 17.4 Å². The number of fused-ring (bicyclic) bond motifs is 1. The van der Waals surface area contributed by atoms with Crippen molar-refractivity contribution in [2.24, 2.45) is 10.7 Å². The zero-order valence-electron chi connectivity index (χ0n) is 10.8. The smallest absolute Gasteiger partial charge is 0.395 e. The predicted octanol–water partition coefficient (Wildman–Crippen LogP) is 3.22. The van der Waals surface area contributed by atoms with Crippen LogP contribution in [0.4, 0.5) is 13.2 Å². The molecule has 0 radical (unpaired) electrons. The van der Waals surface area contributed by atoms with Crippen molar-refractivity contribution in [1.29, 1.82) is 0 Å². The van der Waals surface area contributed by atoms with E-state index in [0.717, 1.165) is 11.6 Å². The minimum atomic E-state index is -4.53. The van der Waals surface area contributed by atoms with Crippen LogP contribution in [0.1, 0.15) is 25.0 Å². The number of rotatable bonds is 1. The van der Waals surface area contributed by atoms with E-state index in [1.54, 1.807) is 12.1 Å². The van der Waals surface area contributed by atoms with Gasteiger partial charge in [0.15, 0.2) is 0 Å². The number of hydrogen-bond donors (Lipinski definition) is 1. The van der Waals surface area contributed by atoms with E-state index in [2.05, 4.69) is 4.99 Å². The molecule has 1 aliphatic heterocycles. The number of benzene rings is 1. The summed E-state index contributed by atoms with van der Waals surface area (Å²) in [5.41, 5.74) is 5.53. The second-order valence-electron chi connectivity index (χ2n) is 5.24. The van der Waals surface area contributed by atoms with Crippen LogP contribution in [0.3, 0.4) is 0 Å². The van der Waals surface area contributed by atoms with E-state index in [0.29, 0.717) is 17.7 Å². The lowest BCUT2D eigenvalue weighted by Crippen LogP contribution is -2.29. The first kappa shape index (κ1) is 13.6. The number of alkyl halides is 3. The fourth-order valence-corrected chi connectivity index (χ4v) is 2.16. The minimum absolute atomic E-state index is 0.293. The molecule has 0 saturated carbocycles. The Morgan fingerprint density at radius 3 is 2.58 bits per heavy atom. The standard InChI is InChI=1S/C14H15F3N2/c1-13(2)8-9-5-3-4-6-10(9)11(19-13)7-12(18)14(15,16)17/h3-7H,8,18H2,1-2H3/b12-7-. The monoisotopic (exact) mass is 268 g/mol. The highest BCUT2D eigenvalue weighted by Gasteiger charge is 2.33. The fraction of sp³-hybridized carbons (Fsp3) is 0.357. The van der Waals surface area contributed by atoms with Crippen LogP contribution < -0.4 is 5.73 Å². The van der Waals surface area contributed by atoms with Gasteiger partial charge in [0.2, 0.25) is 0 Å². The summed E-state index contributed by atoms with van der Waals surface area (Å²) in [4.78, 5) is 4.37. The van der Waals surface area contributed by atoms with E-state index in [9.17, 15) is 13.2 Å². The van der Waals surface area contributed by atoms with Crippen molar-refractivity contribution in [2.75, 3.05) is 0 Å². The lowest BCUT2D eigenvalue weighted by molar-refractivity contribution is -0.0925. The molecule has 2 nitrogen and oxygen atoms in total. The van der Waals surface area contributed by atoms with Crippen molar-refractivity contribution in [3.63, 3.8) is 0 Å². The highest BCUT2D eigenvalue weighted by molar-refractivity contribution is 6.11. The second-order valence-corrected chi connectivity index (χ2v) is 5.24. The average molecular weight is 268 g/mol. The Bertz CT molecular complexity index is 554. The zero-order valence-corrected chi connectivity index (χ0v) is 10.8. The largest absolute Gasteiger partial charge is 0.430 e. The highest BCUT2D eigenvalue weighted by atomic mass is 19.4. The Balaban J connectivity index is 2.51. The summed E-state index contributed by atoms with van der Waals surface area (Å²) in [7, 11) is 0. The summed E-state index contributed by atoms with van der Waals surface area (Å²) in [5, 5.41) is 0. The van der Waals surface area contributed by atoms with Crippen LogP contribution in [0.25, 0.3) is 0 Å². The van der Waals surface area contributed by atoms with Crippen LogP contribution in [0.15, 0.2) is 41.0 Å². The molecule has 0 aliphatic carbocycles. The molecule has 1 aromatic carbocycles. The topological polar surface area (TPSA) is 38.4 Å². The molecule has 19 heavy (non-hydrogen) atoms. The van der Waals surface area contributed by atoms with Crippen molar-refractivity contribution in [3.05, 3.63) is 47.2 Å². The summed E-state index contributed by atoms with van der Waals surface area (Å²) in [6.45, 7) is 3.78. The molecule has 1 aromatic rings. The summed E-state index contributed by atoms with van der Waals surface area (Å²) in [5.74, 6) is 0. The average Bonchev–Trinajstić information content (AvgIpc) is 2.26. The van der Waals surface area contributed by atoms with E-state index in [1.165, 1.54) is 0 Å². The molecule has 0 bridgehead atoms. The van der Waals surface area contributed by atoms with E-state index in [1.807, 2.05) is 26.0 Å². The van der Waals surface area contributed by atoms with Crippen LogP contribution in [0, 0.1) is 0 Å². The zero-order chi connectivity index (χ0) is 14.3. The molecule has 0 aromatic heterocycles. The normalized spacial score (nSPS) is 18.8. The molecule has 2 N–H and O–H groups in total. The summed E-state index contributed by atoms with van der Waals surface area (Å²) >= 11 is 0. The van der Waals surface area contributed by atoms with Gasteiger partial charge < -0.3 is 5.73 Å². The molecule has 102 valence electrons. The van der Waals surface area contributed by atoms with E-state index in [4.69, 9.17) is 5.73 Å². The van der Waals surface area contributed by atoms with Crippen molar-refractivity contribution in [3.8, 4) is 0 Å². The SMILES string of the molecule is CC1(C)Cc2ccccc2C(/C=C(\N)C(F)(F)F)=N1. The van der Waals surface area contributed by atoms with Crippen molar-refractivity contribution >= 4 is 5.71 Å². The third-order valence-electron chi connectivity index (χ3n) is 2.96. The maximum Gasteiger partial charge on any atom is 0.430 e. The number of allylic oxidation sites excluding steroid dienone is 2. The third kappa shape index (κ3) is 2.97. The molecular weight excluding hydrogens is 253 g/mol.